The Labute approximate surface area is 90.7 Å². The van der Waals surface area contributed by atoms with E-state index in [-0.39, 0.29) is 5.60 Å². The van der Waals surface area contributed by atoms with E-state index >= 15 is 0 Å². The summed E-state index contributed by atoms with van der Waals surface area (Å²) in [5.74, 6) is 0.588. The molecule has 15 heavy (non-hydrogen) atoms. The van der Waals surface area contributed by atoms with Crippen LogP contribution in [0, 0.1) is 0 Å². The van der Waals surface area contributed by atoms with Crippen molar-refractivity contribution in [3.8, 4) is 0 Å². The van der Waals surface area contributed by atoms with Gasteiger partial charge >= 0.3 is 0 Å². The molecule has 2 N–H and O–H groups in total. The highest BCUT2D eigenvalue weighted by Gasteiger charge is 2.36. The van der Waals surface area contributed by atoms with E-state index in [0.29, 0.717) is 5.82 Å². The number of aromatic nitrogens is 1. The van der Waals surface area contributed by atoms with Crippen molar-refractivity contribution in [1.29, 1.82) is 0 Å². The fraction of sp³-hybridized carbons (Fsp3) is 0.583. The summed E-state index contributed by atoms with van der Waals surface area (Å²) in [6, 6.07) is 3.96. The molecule has 0 amide bonds. The summed E-state index contributed by atoms with van der Waals surface area (Å²) in [6.45, 7) is 2.14. The van der Waals surface area contributed by atoms with Gasteiger partial charge in [0.1, 0.15) is 11.4 Å². The molecular formula is C12H18N2O. The van der Waals surface area contributed by atoms with Crippen molar-refractivity contribution < 1.29 is 4.74 Å². The number of aryl methyl sites for hydroxylation is 1. The van der Waals surface area contributed by atoms with Crippen LogP contribution in [-0.2, 0) is 16.8 Å². The number of methoxy groups -OCH3 is 1. The van der Waals surface area contributed by atoms with Crippen molar-refractivity contribution in [3.05, 3.63) is 23.4 Å². The summed E-state index contributed by atoms with van der Waals surface area (Å²) in [5, 5.41) is 0. The third kappa shape index (κ3) is 1.61. The number of hydrogen-bond donors (Lipinski definition) is 1. The van der Waals surface area contributed by atoms with E-state index in [1.807, 2.05) is 6.07 Å². The number of nitrogen functional groups attached to an aromatic ring is 1. The largest absolute Gasteiger partial charge is 0.384 e. The average molecular weight is 206 g/mol. The molecule has 0 aromatic carbocycles. The summed E-state index contributed by atoms with van der Waals surface area (Å²) < 4.78 is 5.69. The van der Waals surface area contributed by atoms with E-state index in [2.05, 4.69) is 18.0 Å². The Morgan fingerprint density at radius 1 is 1.53 bits per heavy atom. The van der Waals surface area contributed by atoms with Gasteiger partial charge in [-0.25, -0.2) is 4.98 Å². The quantitative estimate of drug-likeness (QED) is 0.807. The van der Waals surface area contributed by atoms with E-state index in [0.717, 1.165) is 25.0 Å². The van der Waals surface area contributed by atoms with Gasteiger partial charge in [0.25, 0.3) is 0 Å². The van der Waals surface area contributed by atoms with E-state index in [9.17, 15) is 0 Å². The van der Waals surface area contributed by atoms with Crippen molar-refractivity contribution in [2.45, 2.75) is 38.2 Å². The predicted molar refractivity (Wildman–Crippen MR) is 60.6 cm³/mol. The molecule has 3 nitrogen and oxygen atoms in total. The third-order valence-corrected chi connectivity index (χ3v) is 3.42. The SMILES string of the molecule is CCC1(OC)CCCc2ccc(N)nc21. The summed E-state index contributed by atoms with van der Waals surface area (Å²) in [4.78, 5) is 4.46. The zero-order valence-corrected chi connectivity index (χ0v) is 9.42. The Bertz CT molecular complexity index is 359. The van der Waals surface area contributed by atoms with Gasteiger partial charge in [-0.1, -0.05) is 13.0 Å². The second-order valence-corrected chi connectivity index (χ2v) is 4.15. The molecule has 1 aromatic rings. The van der Waals surface area contributed by atoms with Gasteiger partial charge in [0, 0.05) is 7.11 Å². The Morgan fingerprint density at radius 2 is 2.33 bits per heavy atom. The van der Waals surface area contributed by atoms with Crippen molar-refractivity contribution in [1.82, 2.24) is 4.98 Å². The molecule has 3 heteroatoms. The number of anilines is 1. The van der Waals surface area contributed by atoms with E-state index < -0.39 is 0 Å². The van der Waals surface area contributed by atoms with Crippen molar-refractivity contribution in [3.63, 3.8) is 0 Å². The number of nitrogens with zero attached hydrogens (tertiary/aromatic N) is 1. The van der Waals surface area contributed by atoms with Crippen LogP contribution in [0.3, 0.4) is 0 Å². The highest BCUT2D eigenvalue weighted by atomic mass is 16.5. The predicted octanol–water partition coefficient (Wildman–Crippen LogP) is 2.25. The summed E-state index contributed by atoms with van der Waals surface area (Å²) >= 11 is 0. The lowest BCUT2D eigenvalue weighted by atomic mass is 9.81. The number of ether oxygens (including phenoxy) is 1. The van der Waals surface area contributed by atoms with Crippen molar-refractivity contribution >= 4 is 5.82 Å². The van der Waals surface area contributed by atoms with Crippen molar-refractivity contribution in [2.75, 3.05) is 12.8 Å². The second kappa shape index (κ2) is 3.81. The van der Waals surface area contributed by atoms with Crippen LogP contribution < -0.4 is 5.73 Å². The molecule has 0 bridgehead atoms. The smallest absolute Gasteiger partial charge is 0.123 e. The van der Waals surface area contributed by atoms with Gasteiger partial charge in [-0.05, 0) is 37.3 Å². The molecule has 1 heterocycles. The second-order valence-electron chi connectivity index (χ2n) is 4.15. The highest BCUT2D eigenvalue weighted by Crippen LogP contribution is 2.39. The average Bonchev–Trinajstić information content (AvgIpc) is 2.28. The first-order valence-electron chi connectivity index (χ1n) is 5.53. The van der Waals surface area contributed by atoms with Gasteiger partial charge in [-0.3, -0.25) is 0 Å². The molecule has 0 aliphatic heterocycles. The van der Waals surface area contributed by atoms with Gasteiger partial charge in [0.2, 0.25) is 0 Å². The maximum Gasteiger partial charge on any atom is 0.123 e. The molecule has 1 atom stereocenters. The Balaban J connectivity index is 2.53. The van der Waals surface area contributed by atoms with Gasteiger partial charge < -0.3 is 10.5 Å². The van der Waals surface area contributed by atoms with Crippen LogP contribution in [0.15, 0.2) is 12.1 Å². The monoisotopic (exact) mass is 206 g/mol. The van der Waals surface area contributed by atoms with Crippen LogP contribution in [0.25, 0.3) is 0 Å². The standard InChI is InChI=1S/C12H18N2O/c1-3-12(15-2)8-4-5-9-6-7-10(13)14-11(9)12/h6-7H,3-5,8H2,1-2H3,(H2,13,14). The molecule has 1 unspecified atom stereocenters. The summed E-state index contributed by atoms with van der Waals surface area (Å²) in [7, 11) is 1.77. The minimum atomic E-state index is -0.205. The molecule has 1 aliphatic rings. The molecule has 0 spiro atoms. The van der Waals surface area contributed by atoms with Crippen molar-refractivity contribution in [2.24, 2.45) is 0 Å². The van der Waals surface area contributed by atoms with Crippen LogP contribution in [0.4, 0.5) is 5.82 Å². The molecule has 2 rings (SSSR count). The number of hydrogen-bond acceptors (Lipinski definition) is 3. The van der Waals surface area contributed by atoms with E-state index in [1.54, 1.807) is 7.11 Å². The minimum absolute atomic E-state index is 0.205. The van der Waals surface area contributed by atoms with Crippen LogP contribution in [0.2, 0.25) is 0 Å². The fourth-order valence-electron chi connectivity index (χ4n) is 2.47. The first-order chi connectivity index (χ1) is 7.22. The molecule has 82 valence electrons. The zero-order valence-electron chi connectivity index (χ0n) is 9.42. The molecule has 1 aromatic heterocycles. The first-order valence-corrected chi connectivity index (χ1v) is 5.53. The molecular weight excluding hydrogens is 188 g/mol. The number of rotatable bonds is 2. The lowest BCUT2D eigenvalue weighted by Gasteiger charge is -2.36. The third-order valence-electron chi connectivity index (χ3n) is 3.42. The highest BCUT2D eigenvalue weighted by molar-refractivity contribution is 5.38. The Kier molecular flexibility index (Phi) is 2.65. The minimum Gasteiger partial charge on any atom is -0.384 e. The maximum atomic E-state index is 5.75. The first kappa shape index (κ1) is 10.4. The summed E-state index contributed by atoms with van der Waals surface area (Å²) in [6.07, 6.45) is 4.25. The zero-order chi connectivity index (χ0) is 10.9. The van der Waals surface area contributed by atoms with Crippen LogP contribution in [-0.4, -0.2) is 12.1 Å². The topological polar surface area (TPSA) is 48.1 Å². The number of fused-ring (bicyclic) bond motifs is 1. The van der Waals surface area contributed by atoms with E-state index in [1.165, 1.54) is 12.0 Å². The Morgan fingerprint density at radius 3 is 3.00 bits per heavy atom. The number of nitrogens with two attached hydrogens (primary N) is 1. The van der Waals surface area contributed by atoms with Crippen LogP contribution >= 0.6 is 0 Å². The summed E-state index contributed by atoms with van der Waals surface area (Å²) in [5.41, 5.74) is 7.89. The van der Waals surface area contributed by atoms with Gasteiger partial charge in [-0.2, -0.15) is 0 Å². The normalized spacial score (nSPS) is 24.9. The fourth-order valence-corrected chi connectivity index (χ4v) is 2.47. The lowest BCUT2D eigenvalue weighted by Crippen LogP contribution is -2.33. The molecule has 0 saturated heterocycles. The molecule has 0 saturated carbocycles. The van der Waals surface area contributed by atoms with Gasteiger partial charge in [0.15, 0.2) is 0 Å². The van der Waals surface area contributed by atoms with Crippen LogP contribution in [0.1, 0.15) is 37.4 Å². The van der Waals surface area contributed by atoms with Gasteiger partial charge in [0.05, 0.1) is 5.69 Å². The number of pyridine rings is 1. The lowest BCUT2D eigenvalue weighted by molar-refractivity contribution is -0.0360. The van der Waals surface area contributed by atoms with E-state index in [4.69, 9.17) is 10.5 Å². The Hall–Kier alpha value is -1.09. The molecule has 0 radical (unpaired) electrons. The molecule has 1 aliphatic carbocycles. The molecule has 0 fully saturated rings. The van der Waals surface area contributed by atoms with Crippen LogP contribution in [0.5, 0.6) is 0 Å². The maximum absolute atomic E-state index is 5.75. The van der Waals surface area contributed by atoms with Gasteiger partial charge in [-0.15, -0.1) is 0 Å².